The van der Waals surface area contributed by atoms with Crippen molar-refractivity contribution < 1.29 is 24.2 Å². The van der Waals surface area contributed by atoms with Crippen LogP contribution < -0.4 is 4.90 Å². The summed E-state index contributed by atoms with van der Waals surface area (Å²) in [6.07, 6.45) is 5.62. The van der Waals surface area contributed by atoms with Gasteiger partial charge >= 0.3 is 5.97 Å². The second-order valence-corrected chi connectivity index (χ2v) is 12.2. The number of fused-ring (bicyclic) bond motifs is 1. The molecule has 3 aliphatic rings. The Morgan fingerprint density at radius 2 is 1.97 bits per heavy atom. The minimum absolute atomic E-state index is 0.00586. The molecule has 5 atom stereocenters. The third kappa shape index (κ3) is 4.37. The number of hydrogen-bond donors (Lipinski definition) is 1. The fraction of sp³-hybridized carbons (Fsp3) is 0.519. The van der Waals surface area contributed by atoms with E-state index in [1.54, 1.807) is 51.9 Å². The van der Waals surface area contributed by atoms with E-state index in [-0.39, 0.29) is 31.6 Å². The summed E-state index contributed by atoms with van der Waals surface area (Å²) in [5.74, 6) is -2.07. The number of amides is 2. The van der Waals surface area contributed by atoms with Crippen molar-refractivity contribution in [1.29, 1.82) is 0 Å². The van der Waals surface area contributed by atoms with Gasteiger partial charge in [0.05, 0.1) is 16.6 Å². The number of carbonyl (C=O) groups is 3. The Balaban J connectivity index is 1.76. The number of unbranched alkanes of at least 4 members (excludes halogenated alkanes) is 1. The Hall–Kier alpha value is -2.29. The van der Waals surface area contributed by atoms with Crippen molar-refractivity contribution >= 4 is 46.8 Å². The number of ether oxygens (including phenoxy) is 1. The highest BCUT2D eigenvalue weighted by Gasteiger charge is 2.77. The molecule has 3 heterocycles. The molecule has 1 aromatic carbocycles. The van der Waals surface area contributed by atoms with Crippen molar-refractivity contribution in [3.8, 4) is 0 Å². The van der Waals surface area contributed by atoms with E-state index < -0.39 is 33.3 Å². The Labute approximate surface area is 221 Å². The minimum atomic E-state index is -0.742. The highest BCUT2D eigenvalue weighted by Crippen LogP contribution is 2.71. The minimum Gasteiger partial charge on any atom is -0.461 e. The van der Waals surface area contributed by atoms with Gasteiger partial charge in [-0.3, -0.25) is 14.4 Å². The van der Waals surface area contributed by atoms with Crippen LogP contribution in [0.5, 0.6) is 0 Å². The quantitative estimate of drug-likeness (QED) is 0.265. The zero-order valence-corrected chi connectivity index (χ0v) is 22.1. The zero-order valence-electron chi connectivity index (χ0n) is 20.5. The average molecular weight is 533 g/mol. The van der Waals surface area contributed by atoms with Gasteiger partial charge in [0.1, 0.15) is 12.6 Å². The lowest BCUT2D eigenvalue weighted by Gasteiger charge is -2.37. The summed E-state index contributed by atoms with van der Waals surface area (Å²) < 4.78 is 4.23. The standard InChI is InChI=1S/C27H33ClN2O5S/c1-4-14-29(19-10-8-18(28)9-11-19)24(33)22-27-13-12-26(3,36-27)21(25(34)35-17-5-2)20(27)23(32)30(22)15-6-7-16-31/h4-5,8-11,20-22,31H,1-2,6-7,12-17H2,3H3/t20-,21+,22?,26-,27?/m0/s1. The zero-order chi connectivity index (χ0) is 26.1. The van der Waals surface area contributed by atoms with Gasteiger partial charge in [0.15, 0.2) is 0 Å². The molecule has 0 saturated carbocycles. The molecule has 7 nitrogen and oxygen atoms in total. The van der Waals surface area contributed by atoms with E-state index in [9.17, 15) is 19.5 Å². The summed E-state index contributed by atoms with van der Waals surface area (Å²) in [4.78, 5) is 44.8. The van der Waals surface area contributed by atoms with E-state index in [0.717, 1.165) is 0 Å². The van der Waals surface area contributed by atoms with E-state index in [1.807, 2.05) is 6.92 Å². The number of rotatable bonds is 11. The summed E-state index contributed by atoms with van der Waals surface area (Å²) in [5, 5.41) is 9.89. The fourth-order valence-electron chi connectivity index (χ4n) is 6.15. The first-order valence-electron chi connectivity index (χ1n) is 12.3. The Bertz CT molecular complexity index is 1050. The van der Waals surface area contributed by atoms with E-state index >= 15 is 0 Å². The highest BCUT2D eigenvalue weighted by atomic mass is 35.5. The van der Waals surface area contributed by atoms with Crippen LogP contribution in [0.2, 0.25) is 5.02 Å². The van der Waals surface area contributed by atoms with E-state index in [4.69, 9.17) is 16.3 Å². The summed E-state index contributed by atoms with van der Waals surface area (Å²) in [7, 11) is 0. The van der Waals surface area contributed by atoms with Gasteiger partial charge in [-0.1, -0.05) is 30.3 Å². The van der Waals surface area contributed by atoms with Gasteiger partial charge in [-0.05, 0) is 56.9 Å². The molecular weight excluding hydrogens is 500 g/mol. The predicted molar refractivity (Wildman–Crippen MR) is 142 cm³/mol. The molecule has 1 N–H and O–H groups in total. The molecule has 4 rings (SSSR count). The second kappa shape index (κ2) is 10.6. The lowest BCUT2D eigenvalue weighted by molar-refractivity contribution is -0.154. The van der Waals surface area contributed by atoms with Crippen LogP contribution in [0.4, 0.5) is 5.69 Å². The number of carbonyl (C=O) groups excluding carboxylic acids is 3. The number of thioether (sulfide) groups is 1. The number of nitrogens with zero attached hydrogens (tertiary/aromatic N) is 2. The summed E-state index contributed by atoms with van der Waals surface area (Å²) in [6.45, 7) is 10.1. The van der Waals surface area contributed by atoms with Crippen molar-refractivity contribution in [1.82, 2.24) is 4.90 Å². The van der Waals surface area contributed by atoms with Gasteiger partial charge in [-0.2, -0.15) is 0 Å². The molecule has 36 heavy (non-hydrogen) atoms. The number of hydrogen-bond acceptors (Lipinski definition) is 6. The topological polar surface area (TPSA) is 87.1 Å². The van der Waals surface area contributed by atoms with Crippen molar-refractivity contribution in [2.75, 3.05) is 31.2 Å². The molecule has 0 aliphatic carbocycles. The molecule has 2 amide bonds. The van der Waals surface area contributed by atoms with Crippen molar-refractivity contribution in [2.24, 2.45) is 11.8 Å². The second-order valence-electron chi connectivity index (χ2n) is 9.82. The number of halogens is 1. The summed E-state index contributed by atoms with van der Waals surface area (Å²) >= 11 is 7.69. The first-order chi connectivity index (χ1) is 17.2. The lowest BCUT2D eigenvalue weighted by Crippen LogP contribution is -2.55. The van der Waals surface area contributed by atoms with E-state index in [2.05, 4.69) is 13.2 Å². The molecule has 1 spiro atoms. The molecule has 3 fully saturated rings. The molecule has 194 valence electrons. The number of aliphatic hydroxyl groups excluding tert-OH is 1. The largest absolute Gasteiger partial charge is 0.461 e. The molecular formula is C27H33ClN2O5S. The Morgan fingerprint density at radius 1 is 1.25 bits per heavy atom. The fourth-order valence-corrected chi connectivity index (χ4v) is 8.61. The maximum absolute atomic E-state index is 14.3. The van der Waals surface area contributed by atoms with Gasteiger partial charge in [-0.15, -0.1) is 18.3 Å². The maximum atomic E-state index is 14.3. The molecule has 3 saturated heterocycles. The van der Waals surface area contributed by atoms with Gasteiger partial charge in [0, 0.05) is 35.2 Å². The van der Waals surface area contributed by atoms with Gasteiger partial charge in [-0.25, -0.2) is 0 Å². The smallest absolute Gasteiger partial charge is 0.311 e. The van der Waals surface area contributed by atoms with Gasteiger partial charge in [0.25, 0.3) is 5.91 Å². The van der Waals surface area contributed by atoms with Crippen LogP contribution in [0.1, 0.15) is 32.6 Å². The number of anilines is 1. The molecule has 9 heteroatoms. The van der Waals surface area contributed by atoms with Crippen LogP contribution in [0.25, 0.3) is 0 Å². The summed E-state index contributed by atoms with van der Waals surface area (Å²) in [6, 6.07) is 6.27. The molecule has 1 aromatic rings. The monoisotopic (exact) mass is 532 g/mol. The molecule has 0 radical (unpaired) electrons. The number of benzene rings is 1. The van der Waals surface area contributed by atoms with Gasteiger partial charge in [0.2, 0.25) is 5.91 Å². The van der Waals surface area contributed by atoms with Crippen LogP contribution >= 0.6 is 23.4 Å². The molecule has 3 aliphatic heterocycles. The summed E-state index contributed by atoms with van der Waals surface area (Å²) in [5.41, 5.74) is 0.664. The SMILES string of the molecule is C=CCOC(=O)[C@H]1[C@H]2C(=O)N(CCCCO)C(C(=O)N(CC=C)c3ccc(Cl)cc3)C23CC[C@]1(C)S3. The van der Waals surface area contributed by atoms with Gasteiger partial charge < -0.3 is 19.6 Å². The van der Waals surface area contributed by atoms with Crippen LogP contribution in [0.3, 0.4) is 0 Å². The van der Waals surface area contributed by atoms with Crippen molar-refractivity contribution in [3.63, 3.8) is 0 Å². The highest BCUT2D eigenvalue weighted by molar-refractivity contribution is 8.02. The lowest BCUT2D eigenvalue weighted by atomic mass is 9.66. The van der Waals surface area contributed by atoms with Crippen LogP contribution in [-0.4, -0.2) is 69.6 Å². The van der Waals surface area contributed by atoms with E-state index in [0.29, 0.717) is 42.9 Å². The molecule has 2 unspecified atom stereocenters. The van der Waals surface area contributed by atoms with Crippen molar-refractivity contribution in [3.05, 3.63) is 54.6 Å². The molecule has 2 bridgehead atoms. The van der Waals surface area contributed by atoms with Crippen LogP contribution in [0, 0.1) is 11.8 Å². The first kappa shape index (κ1) is 26.8. The third-order valence-corrected chi connectivity index (χ3v) is 9.87. The number of likely N-dealkylation sites (tertiary alicyclic amines) is 1. The van der Waals surface area contributed by atoms with Crippen molar-refractivity contribution in [2.45, 2.75) is 48.1 Å². The van der Waals surface area contributed by atoms with Crippen LogP contribution in [0.15, 0.2) is 49.6 Å². The maximum Gasteiger partial charge on any atom is 0.311 e. The van der Waals surface area contributed by atoms with E-state index in [1.165, 1.54) is 6.08 Å². The first-order valence-corrected chi connectivity index (χ1v) is 13.5. The Kier molecular flexibility index (Phi) is 7.88. The number of esters is 1. The Morgan fingerprint density at radius 3 is 2.61 bits per heavy atom. The molecule has 0 aromatic heterocycles. The van der Waals surface area contributed by atoms with Crippen LogP contribution in [-0.2, 0) is 19.1 Å². The third-order valence-electron chi connectivity index (χ3n) is 7.63. The number of aliphatic hydroxyl groups is 1. The normalized spacial score (nSPS) is 30.2. The average Bonchev–Trinajstić information content (AvgIpc) is 3.42. The predicted octanol–water partition coefficient (Wildman–Crippen LogP) is 3.84.